The van der Waals surface area contributed by atoms with Crippen molar-refractivity contribution in [1.82, 2.24) is 4.57 Å². The van der Waals surface area contributed by atoms with Crippen molar-refractivity contribution in [2.45, 2.75) is 254 Å². The lowest BCUT2D eigenvalue weighted by Crippen LogP contribution is -2.31. The lowest BCUT2D eigenvalue weighted by Gasteiger charge is -2.47. The fourth-order valence-corrected chi connectivity index (χ4v) is 19.3. The summed E-state index contributed by atoms with van der Waals surface area (Å²) < 4.78 is 2.61. The molecule has 3 heteroatoms. The van der Waals surface area contributed by atoms with Gasteiger partial charge in [-0.15, -0.1) is 0 Å². The molecular weight excluding hydrogens is 1450 g/mol. The summed E-state index contributed by atoms with van der Waals surface area (Å²) in [6, 6.07) is 103. The summed E-state index contributed by atoms with van der Waals surface area (Å²) in [4.78, 5) is 5.62. The van der Waals surface area contributed by atoms with Gasteiger partial charge in [0.1, 0.15) is 0 Å². The number of aromatic nitrogens is 1. The topological polar surface area (TPSA) is 11.4 Å². The first-order chi connectivity index (χ1) is 56.2. The van der Waals surface area contributed by atoms with Gasteiger partial charge in [0.15, 0.2) is 0 Å². The van der Waals surface area contributed by atoms with E-state index in [0.29, 0.717) is 0 Å². The van der Waals surface area contributed by atoms with Gasteiger partial charge in [-0.3, -0.25) is 0 Å². The molecule has 1 atom stereocenters. The Hall–Kier alpha value is -10.7. The van der Waals surface area contributed by atoms with Gasteiger partial charge in [0.05, 0.1) is 45.2 Å². The van der Waals surface area contributed by atoms with Crippen LogP contribution in [0, 0.1) is 0 Å². The maximum atomic E-state index is 2.82. The third-order valence-electron chi connectivity index (χ3n) is 26.8. The van der Waals surface area contributed by atoms with Crippen LogP contribution >= 0.6 is 0 Å². The van der Waals surface area contributed by atoms with E-state index in [0.717, 1.165) is 23.5 Å². The highest BCUT2D eigenvalue weighted by molar-refractivity contribution is 6.11. The minimum atomic E-state index is -0.353. The number of anilines is 6. The zero-order chi connectivity index (χ0) is 85.6. The van der Waals surface area contributed by atoms with Crippen molar-refractivity contribution in [1.29, 1.82) is 0 Å². The highest BCUT2D eigenvalue weighted by atomic mass is 15.2. The molecule has 0 bridgehead atoms. The molecule has 0 radical (unpaired) electrons. The van der Waals surface area contributed by atoms with Crippen molar-refractivity contribution in [3.8, 4) is 50.2 Å². The van der Waals surface area contributed by atoms with E-state index >= 15 is 0 Å². The monoisotopic (exact) mass is 1570 g/mol. The summed E-state index contributed by atoms with van der Waals surface area (Å²) in [5.41, 5.74) is 41.1. The summed E-state index contributed by atoms with van der Waals surface area (Å²) in [6.45, 7) is 63.9. The molecule has 0 fully saturated rings. The SMILES string of the molecule is CC(C)(C)c1ccc(-c2cc(C(C)(C)C)cc(-c3ccc(C(C)(C)C)cc3)c2N2c3ccc(C4c5ccccc5Cc5ccccc54)cc3C3c4ccc(-n5c6ccc(C(C)(C)C)cc6c6cc(C(C)(C)C)ccc65)cc4N(c4c(-c5ccc(C(C)(C)C)cc5)cc(C(C)(C)C)cc4-c4ccc(C(C)(C)C)cc4)c4cc(C(C)(C)C)cc2c43)cc1. The maximum absolute atomic E-state index is 2.82. The van der Waals surface area contributed by atoms with Gasteiger partial charge in [0.25, 0.3) is 0 Å². The van der Waals surface area contributed by atoms with E-state index in [4.69, 9.17) is 0 Å². The minimum Gasteiger partial charge on any atom is -0.309 e. The smallest absolute Gasteiger partial charge is 0.0618 e. The highest BCUT2D eigenvalue weighted by Crippen LogP contribution is 2.66. The van der Waals surface area contributed by atoms with Gasteiger partial charge in [-0.1, -0.05) is 363 Å². The van der Waals surface area contributed by atoms with Gasteiger partial charge in [-0.05, 0) is 245 Å². The van der Waals surface area contributed by atoms with Crippen LogP contribution in [0.3, 0.4) is 0 Å². The normalized spacial score (nSPS) is 14.8. The molecule has 0 saturated heterocycles. The van der Waals surface area contributed by atoms with E-state index < -0.39 is 0 Å². The molecule has 13 aromatic carbocycles. The van der Waals surface area contributed by atoms with Crippen LogP contribution < -0.4 is 9.80 Å². The Bertz CT molecular complexity index is 6100. The van der Waals surface area contributed by atoms with Crippen molar-refractivity contribution >= 4 is 55.9 Å². The molecule has 3 heterocycles. The third kappa shape index (κ3) is 14.5. The maximum Gasteiger partial charge on any atom is 0.0618 e. The zero-order valence-electron chi connectivity index (χ0n) is 77.0. The number of benzene rings is 13. The van der Waals surface area contributed by atoms with Gasteiger partial charge < -0.3 is 14.4 Å². The average Bonchev–Trinajstić information content (AvgIpc) is 0.698. The van der Waals surface area contributed by atoms with Crippen LogP contribution in [0.1, 0.15) is 293 Å². The number of rotatable bonds is 8. The molecule has 3 nitrogen and oxygen atoms in total. The Morgan fingerprint density at radius 2 is 0.558 bits per heavy atom. The molecule has 120 heavy (non-hydrogen) atoms. The second-order valence-corrected chi connectivity index (χ2v) is 44.8. The molecule has 1 aromatic heterocycles. The van der Waals surface area contributed by atoms with Crippen molar-refractivity contribution in [2.24, 2.45) is 0 Å². The van der Waals surface area contributed by atoms with Crippen LogP contribution in [0.25, 0.3) is 72.0 Å². The summed E-state index contributed by atoms with van der Waals surface area (Å²) >= 11 is 0. The molecule has 1 unspecified atom stereocenters. The second-order valence-electron chi connectivity index (χ2n) is 44.8. The third-order valence-corrected chi connectivity index (χ3v) is 26.8. The first kappa shape index (κ1) is 81.6. The van der Waals surface area contributed by atoms with Gasteiger partial charge in [-0.2, -0.15) is 0 Å². The second kappa shape index (κ2) is 28.4. The molecule has 0 N–H and O–H groups in total. The zero-order valence-corrected chi connectivity index (χ0v) is 77.0. The van der Waals surface area contributed by atoms with Crippen LogP contribution in [0.2, 0.25) is 0 Å². The van der Waals surface area contributed by atoms with Crippen molar-refractivity contribution in [3.05, 3.63) is 349 Å². The van der Waals surface area contributed by atoms with E-state index in [1.54, 1.807) is 0 Å². The van der Waals surface area contributed by atoms with Crippen LogP contribution in [0.5, 0.6) is 0 Å². The molecule has 14 aromatic rings. The summed E-state index contributed by atoms with van der Waals surface area (Å²) in [6.07, 6.45) is 0.899. The molecule has 17 rings (SSSR count). The first-order valence-corrected chi connectivity index (χ1v) is 44.3. The lowest BCUT2D eigenvalue weighted by molar-refractivity contribution is 0.589. The first-order valence-electron chi connectivity index (χ1n) is 44.3. The summed E-state index contributed by atoms with van der Waals surface area (Å²) in [7, 11) is 0. The standard InChI is InChI=1S/C117H127N3/c1-109(2,3)78-45-36-71(37-46-78)91-64-84(115(19,20)21)65-92(72-38-47-79(48-39-72)110(4,5)6)107(91)119-100-57-44-77(104-88-34-30-28-32-75(88)60-76-33-29-31-35-89(76)104)61-97(100)105-90-56-55-87(118-98-58-53-82(113(13,14)15)62-95(98)96-63-83(114(16,17)18)54-59-99(96)118)70-101(90)120(103-69-86(117(25,26)27)68-102(119)106(103)105)108-93(73-40-49-80(50-41-73)111(7,8)9)66-85(116(22,23)24)67-94(108)74-42-51-81(52-43-74)112(10,11)12/h28-59,61-70,104-105H,60H2,1-27H3. The van der Waals surface area contributed by atoms with E-state index in [9.17, 15) is 0 Å². The van der Waals surface area contributed by atoms with Gasteiger partial charge in [-0.25, -0.2) is 0 Å². The summed E-state index contributed by atoms with van der Waals surface area (Å²) in [5.74, 6) is -0.299. The molecule has 3 aliphatic rings. The Labute approximate surface area is 719 Å². The van der Waals surface area contributed by atoms with Crippen LogP contribution in [0.15, 0.2) is 255 Å². The van der Waals surface area contributed by atoms with Crippen LogP contribution in [-0.2, 0) is 55.2 Å². The molecule has 610 valence electrons. The quantitative estimate of drug-likeness (QED) is 0.150. The van der Waals surface area contributed by atoms with E-state index in [-0.39, 0.29) is 60.6 Å². The van der Waals surface area contributed by atoms with Gasteiger partial charge >= 0.3 is 0 Å². The van der Waals surface area contributed by atoms with Crippen molar-refractivity contribution in [2.75, 3.05) is 9.80 Å². The Balaban J connectivity index is 1.08. The van der Waals surface area contributed by atoms with Crippen molar-refractivity contribution in [3.63, 3.8) is 0 Å². The van der Waals surface area contributed by atoms with Gasteiger partial charge in [0.2, 0.25) is 0 Å². The lowest BCUT2D eigenvalue weighted by atomic mass is 9.70. The molecule has 0 saturated carbocycles. The number of nitrogens with zero attached hydrogens (tertiary/aromatic N) is 3. The highest BCUT2D eigenvalue weighted by Gasteiger charge is 2.46. The molecule has 0 spiro atoms. The molecule has 1 aliphatic carbocycles. The van der Waals surface area contributed by atoms with Crippen molar-refractivity contribution < 1.29 is 0 Å². The summed E-state index contributed by atoms with van der Waals surface area (Å²) in [5, 5.41) is 2.54. The van der Waals surface area contributed by atoms with E-state index in [1.807, 2.05) is 0 Å². The average molecular weight is 1580 g/mol. The van der Waals surface area contributed by atoms with Crippen LogP contribution in [-0.4, -0.2) is 4.57 Å². The number of fused-ring (bicyclic) bond motifs is 9. The number of hydrogen-bond acceptors (Lipinski definition) is 2. The molecule has 2 aliphatic heterocycles. The predicted octanol–water partition coefficient (Wildman–Crippen LogP) is 33.0. The number of hydrogen-bond donors (Lipinski definition) is 0. The van der Waals surface area contributed by atoms with Gasteiger partial charge in [0, 0.05) is 56.1 Å². The Kier molecular flexibility index (Phi) is 19.3. The fourth-order valence-electron chi connectivity index (χ4n) is 19.3. The fraction of sp³-hybridized carbons (Fsp3) is 0.333. The molecule has 0 amide bonds. The van der Waals surface area contributed by atoms with Crippen LogP contribution in [0.4, 0.5) is 34.1 Å². The Morgan fingerprint density at radius 3 is 0.908 bits per heavy atom. The molecular formula is C117H127N3. The predicted molar refractivity (Wildman–Crippen MR) is 518 cm³/mol. The largest absolute Gasteiger partial charge is 0.309 e. The van der Waals surface area contributed by atoms with E-state index in [2.05, 4.69) is 456 Å². The van der Waals surface area contributed by atoms with E-state index in [1.165, 1.54) is 184 Å². The Morgan fingerprint density at radius 1 is 0.233 bits per heavy atom. The minimum absolute atomic E-state index is 0.0236.